The summed E-state index contributed by atoms with van der Waals surface area (Å²) in [5.74, 6) is 0. The van der Waals surface area contributed by atoms with Crippen LogP contribution in [-0.2, 0) is 6.54 Å². The van der Waals surface area contributed by atoms with Gasteiger partial charge in [0.05, 0.1) is 3.79 Å². The van der Waals surface area contributed by atoms with E-state index in [1.54, 1.807) is 16.2 Å². The maximum atomic E-state index is 12.2. The second-order valence-electron chi connectivity index (χ2n) is 4.45. The lowest BCUT2D eigenvalue weighted by Crippen LogP contribution is -2.43. The molecule has 94 valence electrons. The van der Waals surface area contributed by atoms with Gasteiger partial charge in [0.15, 0.2) is 0 Å². The van der Waals surface area contributed by atoms with Crippen LogP contribution in [0.1, 0.15) is 24.8 Å². The third-order valence-electron chi connectivity index (χ3n) is 2.99. The van der Waals surface area contributed by atoms with Crippen molar-refractivity contribution in [3.63, 3.8) is 0 Å². The first-order chi connectivity index (χ1) is 8.16. The van der Waals surface area contributed by atoms with Gasteiger partial charge < -0.3 is 9.80 Å². The van der Waals surface area contributed by atoms with Crippen molar-refractivity contribution in [2.24, 2.45) is 0 Å². The Balaban J connectivity index is 1.90. The molecule has 2 rings (SSSR count). The maximum absolute atomic E-state index is 12.2. The van der Waals surface area contributed by atoms with E-state index in [0.29, 0.717) is 6.54 Å². The van der Waals surface area contributed by atoms with Crippen LogP contribution in [0.25, 0.3) is 0 Å². The van der Waals surface area contributed by atoms with Crippen LogP contribution in [0.3, 0.4) is 0 Å². The predicted octanol–water partition coefficient (Wildman–Crippen LogP) is 3.55. The first-order valence-electron chi connectivity index (χ1n) is 5.90. The highest BCUT2D eigenvalue weighted by atomic mass is 79.9. The zero-order valence-corrected chi connectivity index (χ0v) is 12.4. The number of amides is 2. The number of rotatable bonds is 2. The highest BCUT2D eigenvalue weighted by molar-refractivity contribution is 9.11. The minimum Gasteiger partial charge on any atom is -0.325 e. The molecular weight excluding hydrogens is 300 g/mol. The van der Waals surface area contributed by atoms with Crippen molar-refractivity contribution in [1.82, 2.24) is 9.80 Å². The van der Waals surface area contributed by atoms with Gasteiger partial charge in [-0.2, -0.15) is 0 Å². The molecule has 0 N–H and O–H groups in total. The van der Waals surface area contributed by atoms with Crippen molar-refractivity contribution in [3.05, 3.63) is 20.8 Å². The van der Waals surface area contributed by atoms with Gasteiger partial charge in [0.25, 0.3) is 0 Å². The molecule has 1 aliphatic rings. The molecule has 0 aromatic carbocycles. The standard InChI is InChI=1S/C12H17BrN2OS/c1-14(8-10-7-11(13)17-9-10)12(16)15-5-3-2-4-6-15/h7,9H,2-6,8H2,1H3. The van der Waals surface area contributed by atoms with E-state index in [0.717, 1.165) is 29.7 Å². The summed E-state index contributed by atoms with van der Waals surface area (Å²) in [6.45, 7) is 2.52. The van der Waals surface area contributed by atoms with E-state index in [4.69, 9.17) is 0 Å². The molecule has 0 spiro atoms. The predicted molar refractivity (Wildman–Crippen MR) is 74.3 cm³/mol. The van der Waals surface area contributed by atoms with E-state index in [9.17, 15) is 4.79 Å². The SMILES string of the molecule is CN(Cc1csc(Br)c1)C(=O)N1CCCCC1. The van der Waals surface area contributed by atoms with E-state index < -0.39 is 0 Å². The van der Waals surface area contributed by atoms with Gasteiger partial charge in [0, 0.05) is 26.7 Å². The molecule has 0 bridgehead atoms. The monoisotopic (exact) mass is 316 g/mol. The van der Waals surface area contributed by atoms with E-state index >= 15 is 0 Å². The van der Waals surface area contributed by atoms with Gasteiger partial charge in [-0.25, -0.2) is 4.79 Å². The quantitative estimate of drug-likeness (QED) is 0.818. The zero-order chi connectivity index (χ0) is 12.3. The molecule has 1 aliphatic heterocycles. The lowest BCUT2D eigenvalue weighted by molar-refractivity contribution is 0.151. The highest BCUT2D eigenvalue weighted by Crippen LogP contribution is 2.22. The number of urea groups is 1. The molecule has 2 amide bonds. The van der Waals surface area contributed by atoms with Gasteiger partial charge in [-0.1, -0.05) is 0 Å². The van der Waals surface area contributed by atoms with Gasteiger partial charge in [0.2, 0.25) is 0 Å². The van der Waals surface area contributed by atoms with Gasteiger partial charge in [-0.15, -0.1) is 11.3 Å². The molecule has 1 fully saturated rings. The van der Waals surface area contributed by atoms with Crippen LogP contribution < -0.4 is 0 Å². The van der Waals surface area contributed by atoms with Crippen LogP contribution in [0.15, 0.2) is 15.2 Å². The van der Waals surface area contributed by atoms with Crippen LogP contribution in [0.5, 0.6) is 0 Å². The van der Waals surface area contributed by atoms with Crippen molar-refractivity contribution in [2.45, 2.75) is 25.8 Å². The van der Waals surface area contributed by atoms with Gasteiger partial charge in [-0.3, -0.25) is 0 Å². The molecular formula is C12H17BrN2OS. The molecule has 1 aromatic heterocycles. The summed E-state index contributed by atoms with van der Waals surface area (Å²) in [7, 11) is 1.88. The summed E-state index contributed by atoms with van der Waals surface area (Å²) in [6.07, 6.45) is 3.54. The Morgan fingerprint density at radius 1 is 1.47 bits per heavy atom. The molecule has 0 aliphatic carbocycles. The Bertz CT molecular complexity index is 388. The smallest absolute Gasteiger partial charge is 0.320 e. The molecule has 3 nitrogen and oxygen atoms in total. The van der Waals surface area contributed by atoms with Crippen molar-refractivity contribution < 1.29 is 4.79 Å². The second-order valence-corrected chi connectivity index (χ2v) is 6.74. The number of nitrogens with zero attached hydrogens (tertiary/aromatic N) is 2. The number of hydrogen-bond acceptors (Lipinski definition) is 2. The third kappa shape index (κ3) is 3.45. The molecule has 17 heavy (non-hydrogen) atoms. The average molecular weight is 317 g/mol. The van der Waals surface area contributed by atoms with Crippen molar-refractivity contribution in [1.29, 1.82) is 0 Å². The molecule has 1 saturated heterocycles. The number of halogens is 1. The summed E-state index contributed by atoms with van der Waals surface area (Å²) < 4.78 is 1.12. The van der Waals surface area contributed by atoms with E-state index in [-0.39, 0.29) is 6.03 Å². The average Bonchev–Trinajstić information content (AvgIpc) is 2.75. The van der Waals surface area contributed by atoms with E-state index in [1.807, 2.05) is 11.9 Å². The number of carbonyl (C=O) groups excluding carboxylic acids is 1. The summed E-state index contributed by atoms with van der Waals surface area (Å²) in [6, 6.07) is 2.23. The number of piperidine rings is 1. The highest BCUT2D eigenvalue weighted by Gasteiger charge is 2.20. The molecule has 0 atom stereocenters. The minimum atomic E-state index is 0.159. The normalized spacial score (nSPS) is 16.0. The zero-order valence-electron chi connectivity index (χ0n) is 9.99. The molecule has 0 unspecified atom stereocenters. The number of thiophene rings is 1. The Hall–Kier alpha value is -0.550. The van der Waals surface area contributed by atoms with Crippen LogP contribution in [-0.4, -0.2) is 36.0 Å². The maximum Gasteiger partial charge on any atom is 0.320 e. The first kappa shape index (κ1) is 12.9. The fourth-order valence-electron chi connectivity index (χ4n) is 2.10. The summed E-state index contributed by atoms with van der Waals surface area (Å²) in [5, 5.41) is 2.09. The molecule has 5 heteroatoms. The summed E-state index contributed by atoms with van der Waals surface area (Å²) in [5.41, 5.74) is 1.19. The van der Waals surface area contributed by atoms with Crippen LogP contribution in [0.4, 0.5) is 4.79 Å². The Morgan fingerprint density at radius 3 is 2.76 bits per heavy atom. The fraction of sp³-hybridized carbons (Fsp3) is 0.583. The van der Waals surface area contributed by atoms with Crippen LogP contribution >= 0.6 is 27.3 Å². The minimum absolute atomic E-state index is 0.159. The van der Waals surface area contributed by atoms with Crippen LogP contribution in [0.2, 0.25) is 0 Å². The number of likely N-dealkylation sites (tertiary alicyclic amines) is 1. The largest absolute Gasteiger partial charge is 0.325 e. The van der Waals surface area contributed by atoms with Crippen LogP contribution in [0, 0.1) is 0 Å². The lowest BCUT2D eigenvalue weighted by atomic mass is 10.1. The van der Waals surface area contributed by atoms with Crippen molar-refractivity contribution in [3.8, 4) is 0 Å². The Labute approximate surface area is 115 Å². The van der Waals surface area contributed by atoms with E-state index in [2.05, 4.69) is 27.4 Å². The molecule has 1 aromatic rings. The number of carbonyl (C=O) groups is 1. The molecule has 0 radical (unpaired) electrons. The van der Waals surface area contributed by atoms with Crippen molar-refractivity contribution in [2.75, 3.05) is 20.1 Å². The van der Waals surface area contributed by atoms with Gasteiger partial charge >= 0.3 is 6.03 Å². The third-order valence-corrected chi connectivity index (χ3v) is 4.55. The molecule has 0 saturated carbocycles. The topological polar surface area (TPSA) is 23.6 Å². The van der Waals surface area contributed by atoms with Gasteiger partial charge in [-0.05, 0) is 52.2 Å². The Kier molecular flexibility index (Phi) is 4.45. The van der Waals surface area contributed by atoms with Crippen molar-refractivity contribution >= 4 is 33.3 Å². The summed E-state index contributed by atoms with van der Waals surface area (Å²) in [4.78, 5) is 15.9. The number of hydrogen-bond donors (Lipinski definition) is 0. The summed E-state index contributed by atoms with van der Waals surface area (Å²) >= 11 is 5.10. The Morgan fingerprint density at radius 2 is 2.18 bits per heavy atom. The second kappa shape index (κ2) is 5.87. The lowest BCUT2D eigenvalue weighted by Gasteiger charge is -2.30. The van der Waals surface area contributed by atoms with E-state index in [1.165, 1.54) is 12.0 Å². The molecule has 2 heterocycles. The fourth-order valence-corrected chi connectivity index (χ4v) is 3.30. The first-order valence-corrected chi connectivity index (χ1v) is 7.57. The van der Waals surface area contributed by atoms with Gasteiger partial charge in [0.1, 0.15) is 0 Å².